The zero-order valence-electron chi connectivity index (χ0n) is 15.0. The molecule has 2 nitrogen and oxygen atoms in total. The molecule has 1 aromatic carbocycles. The summed E-state index contributed by atoms with van der Waals surface area (Å²) in [5, 5.41) is 10.7. The molecule has 1 rings (SSSR count). The van der Waals surface area contributed by atoms with E-state index in [0.29, 0.717) is 11.7 Å². The van der Waals surface area contributed by atoms with Crippen LogP contribution in [0.2, 0.25) is 0 Å². The molecular formula is C19H33NO. The third-order valence-corrected chi connectivity index (χ3v) is 4.25. The highest BCUT2D eigenvalue weighted by molar-refractivity contribution is 5.50. The Hall–Kier alpha value is -1.02. The van der Waals surface area contributed by atoms with Crippen molar-refractivity contribution in [2.75, 3.05) is 0 Å². The van der Waals surface area contributed by atoms with Crippen LogP contribution in [0.4, 0.5) is 0 Å². The molecule has 0 saturated heterocycles. The zero-order chi connectivity index (χ0) is 16.6. The number of hydrogen-bond acceptors (Lipinski definition) is 2. The molecule has 0 aliphatic rings. The van der Waals surface area contributed by atoms with Gasteiger partial charge in [0.2, 0.25) is 0 Å². The first-order valence-electron chi connectivity index (χ1n) is 8.03. The fourth-order valence-electron chi connectivity index (χ4n) is 2.93. The van der Waals surface area contributed by atoms with Crippen LogP contribution in [0.1, 0.15) is 84.4 Å². The second-order valence-corrected chi connectivity index (χ2v) is 8.34. The summed E-state index contributed by atoms with van der Waals surface area (Å²) in [6.45, 7) is 17.1. The summed E-state index contributed by atoms with van der Waals surface area (Å²) < 4.78 is 0. The minimum absolute atomic E-state index is 0.0871. The monoisotopic (exact) mass is 291 g/mol. The van der Waals surface area contributed by atoms with E-state index in [1.165, 1.54) is 5.56 Å². The Bertz CT molecular complexity index is 454. The number of phenolic OH excluding ortho intramolecular Hbond substituents is 1. The topological polar surface area (TPSA) is 46.2 Å². The van der Waals surface area contributed by atoms with Crippen molar-refractivity contribution in [1.29, 1.82) is 0 Å². The van der Waals surface area contributed by atoms with Gasteiger partial charge in [0.1, 0.15) is 5.75 Å². The van der Waals surface area contributed by atoms with Crippen molar-refractivity contribution >= 4 is 0 Å². The maximum absolute atomic E-state index is 10.7. The highest BCUT2D eigenvalue weighted by Crippen LogP contribution is 2.41. The second kappa shape index (κ2) is 6.00. The van der Waals surface area contributed by atoms with Gasteiger partial charge in [-0.3, -0.25) is 0 Å². The molecule has 0 radical (unpaired) electrons. The molecule has 0 aliphatic heterocycles. The molecule has 2 atom stereocenters. The number of aromatic hydroxyl groups is 1. The molecular weight excluding hydrogens is 258 g/mol. The SMILES string of the molecule is CCC(c1cc(C(C)(C)C)c(O)c(C(C)(C)C)c1)C(C)N. The van der Waals surface area contributed by atoms with Crippen LogP contribution in [0.15, 0.2) is 12.1 Å². The first-order chi connectivity index (χ1) is 9.39. The standard InChI is InChI=1S/C19H33NO/c1-9-14(12(2)20)13-10-15(18(3,4)5)17(21)16(11-13)19(6,7)8/h10-12,14,21H,9,20H2,1-8H3. The van der Waals surface area contributed by atoms with Crippen LogP contribution >= 0.6 is 0 Å². The summed E-state index contributed by atoms with van der Waals surface area (Å²) in [7, 11) is 0. The predicted molar refractivity (Wildman–Crippen MR) is 92.2 cm³/mol. The lowest BCUT2D eigenvalue weighted by atomic mass is 9.76. The van der Waals surface area contributed by atoms with Crippen LogP contribution in [-0.2, 0) is 10.8 Å². The van der Waals surface area contributed by atoms with Gasteiger partial charge >= 0.3 is 0 Å². The maximum atomic E-state index is 10.7. The zero-order valence-corrected chi connectivity index (χ0v) is 15.0. The van der Waals surface area contributed by atoms with Crippen molar-refractivity contribution in [3.05, 3.63) is 28.8 Å². The first-order valence-corrected chi connectivity index (χ1v) is 8.03. The lowest BCUT2D eigenvalue weighted by molar-refractivity contribution is 0.421. The first kappa shape index (κ1) is 18.0. The van der Waals surface area contributed by atoms with Gasteiger partial charge in [-0.15, -0.1) is 0 Å². The second-order valence-electron chi connectivity index (χ2n) is 8.34. The van der Waals surface area contributed by atoms with Crippen molar-refractivity contribution in [3.8, 4) is 5.75 Å². The fourth-order valence-corrected chi connectivity index (χ4v) is 2.93. The van der Waals surface area contributed by atoms with Gasteiger partial charge < -0.3 is 10.8 Å². The van der Waals surface area contributed by atoms with E-state index in [-0.39, 0.29) is 16.9 Å². The molecule has 0 bridgehead atoms. The summed E-state index contributed by atoms with van der Waals surface area (Å²) in [6, 6.07) is 4.42. The van der Waals surface area contributed by atoms with E-state index in [4.69, 9.17) is 5.73 Å². The minimum atomic E-state index is -0.0871. The molecule has 0 aliphatic carbocycles. The van der Waals surface area contributed by atoms with Gasteiger partial charge in [0, 0.05) is 6.04 Å². The van der Waals surface area contributed by atoms with Crippen molar-refractivity contribution in [1.82, 2.24) is 0 Å². The van der Waals surface area contributed by atoms with Gasteiger partial charge in [-0.2, -0.15) is 0 Å². The van der Waals surface area contributed by atoms with Gasteiger partial charge in [-0.05, 0) is 46.8 Å². The number of nitrogens with two attached hydrogens (primary N) is 1. The van der Waals surface area contributed by atoms with Crippen LogP contribution in [0.5, 0.6) is 5.75 Å². The Kier molecular flexibility index (Phi) is 5.15. The van der Waals surface area contributed by atoms with Gasteiger partial charge in [-0.1, -0.05) is 60.6 Å². The molecule has 0 amide bonds. The Morgan fingerprint density at radius 1 is 1.00 bits per heavy atom. The van der Waals surface area contributed by atoms with Gasteiger partial charge in [0.05, 0.1) is 0 Å². The molecule has 120 valence electrons. The van der Waals surface area contributed by atoms with Crippen LogP contribution in [0, 0.1) is 0 Å². The van der Waals surface area contributed by atoms with Crippen LogP contribution < -0.4 is 5.73 Å². The van der Waals surface area contributed by atoms with E-state index in [9.17, 15) is 5.11 Å². The summed E-state index contributed by atoms with van der Waals surface area (Å²) in [6.07, 6.45) is 1.01. The predicted octanol–water partition coefficient (Wildman–Crippen LogP) is 4.83. The number of phenols is 1. The Morgan fingerprint density at radius 2 is 1.38 bits per heavy atom. The third-order valence-electron chi connectivity index (χ3n) is 4.25. The van der Waals surface area contributed by atoms with E-state index < -0.39 is 0 Å². The molecule has 0 spiro atoms. The molecule has 1 aromatic rings. The van der Waals surface area contributed by atoms with E-state index in [1.807, 2.05) is 0 Å². The Labute approximate surface area is 130 Å². The highest BCUT2D eigenvalue weighted by atomic mass is 16.3. The normalized spacial score (nSPS) is 15.9. The van der Waals surface area contributed by atoms with E-state index in [1.54, 1.807) is 0 Å². The fraction of sp³-hybridized carbons (Fsp3) is 0.684. The van der Waals surface area contributed by atoms with E-state index in [2.05, 4.69) is 67.5 Å². The Balaban J connectivity index is 3.62. The van der Waals surface area contributed by atoms with Gasteiger partial charge in [-0.25, -0.2) is 0 Å². The van der Waals surface area contributed by atoms with Crippen molar-refractivity contribution < 1.29 is 5.11 Å². The van der Waals surface area contributed by atoms with E-state index >= 15 is 0 Å². The summed E-state index contributed by atoms with van der Waals surface area (Å²) in [5.41, 5.74) is 9.28. The van der Waals surface area contributed by atoms with Crippen LogP contribution in [0.3, 0.4) is 0 Å². The largest absolute Gasteiger partial charge is 0.507 e. The van der Waals surface area contributed by atoms with Crippen LogP contribution in [0.25, 0.3) is 0 Å². The maximum Gasteiger partial charge on any atom is 0.123 e. The van der Waals surface area contributed by atoms with E-state index in [0.717, 1.165) is 17.5 Å². The molecule has 0 aromatic heterocycles. The molecule has 2 heteroatoms. The average Bonchev–Trinajstić information content (AvgIpc) is 2.28. The van der Waals surface area contributed by atoms with Crippen molar-refractivity contribution in [3.63, 3.8) is 0 Å². The smallest absolute Gasteiger partial charge is 0.123 e. The molecule has 0 fully saturated rings. The van der Waals surface area contributed by atoms with Crippen molar-refractivity contribution in [2.45, 2.75) is 84.6 Å². The van der Waals surface area contributed by atoms with Crippen LogP contribution in [-0.4, -0.2) is 11.1 Å². The summed E-state index contributed by atoms with van der Waals surface area (Å²) >= 11 is 0. The Morgan fingerprint density at radius 3 is 1.62 bits per heavy atom. The lowest BCUT2D eigenvalue weighted by Gasteiger charge is -2.30. The molecule has 0 saturated carbocycles. The lowest BCUT2D eigenvalue weighted by Crippen LogP contribution is -2.26. The minimum Gasteiger partial charge on any atom is -0.507 e. The number of rotatable bonds is 3. The molecule has 2 unspecified atom stereocenters. The average molecular weight is 291 g/mol. The summed E-state index contributed by atoms with van der Waals surface area (Å²) in [4.78, 5) is 0. The third kappa shape index (κ3) is 4.00. The van der Waals surface area contributed by atoms with Gasteiger partial charge in [0.15, 0.2) is 0 Å². The highest BCUT2D eigenvalue weighted by Gasteiger charge is 2.28. The quantitative estimate of drug-likeness (QED) is 0.838. The van der Waals surface area contributed by atoms with Crippen molar-refractivity contribution in [2.24, 2.45) is 5.73 Å². The molecule has 21 heavy (non-hydrogen) atoms. The molecule has 3 N–H and O–H groups in total. The molecule has 0 heterocycles. The van der Waals surface area contributed by atoms with Gasteiger partial charge in [0.25, 0.3) is 0 Å². The number of hydrogen-bond donors (Lipinski definition) is 2. The summed E-state index contributed by atoms with van der Waals surface area (Å²) in [5.74, 6) is 0.770. The number of benzene rings is 1.